The zero-order valence-electron chi connectivity index (χ0n) is 11.5. The van der Waals surface area contributed by atoms with E-state index in [4.69, 9.17) is 0 Å². The van der Waals surface area contributed by atoms with E-state index in [1.165, 1.54) is 0 Å². The van der Waals surface area contributed by atoms with E-state index in [0.29, 0.717) is 13.1 Å². The molecule has 1 N–H and O–H groups in total. The fourth-order valence-electron chi connectivity index (χ4n) is 2.00. The number of rotatable bonds is 6. The van der Waals surface area contributed by atoms with Crippen molar-refractivity contribution in [2.45, 2.75) is 39.9 Å². The summed E-state index contributed by atoms with van der Waals surface area (Å²) in [5.41, 5.74) is 2.13. The predicted octanol–water partition coefficient (Wildman–Crippen LogP) is 2.09. The average Bonchev–Trinajstić information content (AvgIpc) is 2.86. The molecular formula is C14H20N4O. The molecule has 0 atom stereocenters. The van der Waals surface area contributed by atoms with Crippen LogP contribution in [-0.4, -0.2) is 14.3 Å². The van der Waals surface area contributed by atoms with Crippen LogP contribution in [0.25, 0.3) is 0 Å². The van der Waals surface area contributed by atoms with E-state index in [-0.39, 0.29) is 5.56 Å². The molecule has 2 heterocycles. The van der Waals surface area contributed by atoms with E-state index in [1.807, 2.05) is 36.1 Å². The van der Waals surface area contributed by atoms with Gasteiger partial charge in [-0.15, -0.1) is 0 Å². The number of anilines is 1. The molecule has 0 spiro atoms. The molecule has 0 bridgehead atoms. The van der Waals surface area contributed by atoms with Gasteiger partial charge in [0.15, 0.2) is 0 Å². The van der Waals surface area contributed by atoms with Crippen LogP contribution in [0.4, 0.5) is 5.69 Å². The van der Waals surface area contributed by atoms with E-state index < -0.39 is 0 Å². The van der Waals surface area contributed by atoms with Crippen molar-refractivity contribution in [2.75, 3.05) is 5.32 Å². The summed E-state index contributed by atoms with van der Waals surface area (Å²) in [5.74, 6) is 0. The number of nitrogens with zero attached hydrogens (tertiary/aromatic N) is 3. The van der Waals surface area contributed by atoms with Gasteiger partial charge in [-0.3, -0.25) is 9.48 Å². The summed E-state index contributed by atoms with van der Waals surface area (Å²) in [6.07, 6.45) is 4.73. The first-order chi connectivity index (χ1) is 9.24. The summed E-state index contributed by atoms with van der Waals surface area (Å²) in [7, 11) is 0. The molecule has 102 valence electrons. The van der Waals surface area contributed by atoms with E-state index in [2.05, 4.69) is 17.3 Å². The summed E-state index contributed by atoms with van der Waals surface area (Å²) in [5, 5.41) is 7.61. The number of pyridine rings is 1. The van der Waals surface area contributed by atoms with Crippen molar-refractivity contribution < 1.29 is 0 Å². The van der Waals surface area contributed by atoms with Crippen LogP contribution in [0.15, 0.2) is 35.4 Å². The molecule has 0 fully saturated rings. The smallest absolute Gasteiger partial charge is 0.250 e. The molecule has 5 heteroatoms. The maximum absolute atomic E-state index is 11.5. The molecule has 0 amide bonds. The van der Waals surface area contributed by atoms with Crippen LogP contribution >= 0.6 is 0 Å². The summed E-state index contributed by atoms with van der Waals surface area (Å²) < 4.78 is 3.69. The Bertz CT molecular complexity index is 585. The van der Waals surface area contributed by atoms with Crippen molar-refractivity contribution in [2.24, 2.45) is 0 Å². The van der Waals surface area contributed by atoms with Gasteiger partial charge in [0, 0.05) is 31.5 Å². The Balaban J connectivity index is 2.06. The molecule has 2 aromatic heterocycles. The first kappa shape index (κ1) is 13.4. The average molecular weight is 260 g/mol. The van der Waals surface area contributed by atoms with Crippen LogP contribution in [0.2, 0.25) is 0 Å². The van der Waals surface area contributed by atoms with Gasteiger partial charge in [-0.1, -0.05) is 6.92 Å². The minimum Gasteiger partial charge on any atom is -0.378 e. The highest BCUT2D eigenvalue weighted by atomic mass is 16.1. The lowest BCUT2D eigenvalue weighted by molar-refractivity contribution is 0.578. The quantitative estimate of drug-likeness (QED) is 0.865. The van der Waals surface area contributed by atoms with E-state index in [1.54, 1.807) is 10.6 Å². The molecule has 0 aliphatic heterocycles. The molecule has 5 nitrogen and oxygen atoms in total. The van der Waals surface area contributed by atoms with E-state index in [9.17, 15) is 4.79 Å². The lowest BCUT2D eigenvalue weighted by Crippen LogP contribution is -2.18. The highest BCUT2D eigenvalue weighted by Crippen LogP contribution is 2.07. The Labute approximate surface area is 112 Å². The highest BCUT2D eigenvalue weighted by molar-refractivity contribution is 5.40. The SMILES string of the molecule is CCCn1nccc1CNc1ccc(=O)n(CC)c1. The Morgan fingerprint density at radius 3 is 2.84 bits per heavy atom. The molecule has 0 aromatic carbocycles. The minimum absolute atomic E-state index is 0.0316. The lowest BCUT2D eigenvalue weighted by Gasteiger charge is -2.10. The second-order valence-electron chi connectivity index (χ2n) is 4.44. The van der Waals surface area contributed by atoms with Crippen LogP contribution in [0.3, 0.4) is 0 Å². The fourth-order valence-corrected chi connectivity index (χ4v) is 2.00. The maximum Gasteiger partial charge on any atom is 0.250 e. The van der Waals surface area contributed by atoms with Crippen LogP contribution in [0.1, 0.15) is 26.0 Å². The second kappa shape index (κ2) is 6.22. The van der Waals surface area contributed by atoms with E-state index >= 15 is 0 Å². The third-order valence-electron chi connectivity index (χ3n) is 3.04. The molecule has 0 aliphatic carbocycles. The van der Waals surface area contributed by atoms with Gasteiger partial charge >= 0.3 is 0 Å². The van der Waals surface area contributed by atoms with Gasteiger partial charge in [0.25, 0.3) is 5.56 Å². The fraction of sp³-hybridized carbons (Fsp3) is 0.429. The Morgan fingerprint density at radius 1 is 1.26 bits per heavy atom. The van der Waals surface area contributed by atoms with Gasteiger partial charge in [0.2, 0.25) is 0 Å². The maximum atomic E-state index is 11.5. The van der Waals surface area contributed by atoms with Crippen LogP contribution < -0.4 is 10.9 Å². The Kier molecular flexibility index (Phi) is 4.39. The van der Waals surface area contributed by atoms with Gasteiger partial charge in [0.05, 0.1) is 17.9 Å². The second-order valence-corrected chi connectivity index (χ2v) is 4.44. The van der Waals surface area contributed by atoms with Gasteiger partial charge < -0.3 is 9.88 Å². The molecule has 0 unspecified atom stereocenters. The molecule has 19 heavy (non-hydrogen) atoms. The Hall–Kier alpha value is -2.04. The zero-order valence-corrected chi connectivity index (χ0v) is 11.5. The largest absolute Gasteiger partial charge is 0.378 e. The zero-order chi connectivity index (χ0) is 13.7. The van der Waals surface area contributed by atoms with Crippen LogP contribution in [0.5, 0.6) is 0 Å². The molecule has 2 rings (SSSR count). The third kappa shape index (κ3) is 3.24. The predicted molar refractivity (Wildman–Crippen MR) is 76.2 cm³/mol. The summed E-state index contributed by atoms with van der Waals surface area (Å²) in [6, 6.07) is 5.42. The minimum atomic E-state index is 0.0316. The molecule has 0 saturated carbocycles. The van der Waals surface area contributed by atoms with Gasteiger partial charge in [-0.25, -0.2) is 0 Å². The summed E-state index contributed by atoms with van der Waals surface area (Å²) in [4.78, 5) is 11.5. The molecule has 0 radical (unpaired) electrons. The van der Waals surface area contributed by atoms with Crippen molar-refractivity contribution in [3.63, 3.8) is 0 Å². The number of aromatic nitrogens is 3. The van der Waals surface area contributed by atoms with Gasteiger partial charge in [0.1, 0.15) is 0 Å². The lowest BCUT2D eigenvalue weighted by atomic mass is 10.3. The molecule has 0 aliphatic rings. The van der Waals surface area contributed by atoms with E-state index in [0.717, 1.165) is 24.3 Å². The van der Waals surface area contributed by atoms with Gasteiger partial charge in [-0.05, 0) is 25.5 Å². The third-order valence-corrected chi connectivity index (χ3v) is 3.04. The summed E-state index contributed by atoms with van der Waals surface area (Å²) >= 11 is 0. The van der Waals surface area contributed by atoms with Crippen molar-refractivity contribution in [1.29, 1.82) is 0 Å². The normalized spacial score (nSPS) is 10.6. The number of nitrogens with one attached hydrogen (secondary N) is 1. The topological polar surface area (TPSA) is 51.9 Å². The van der Waals surface area contributed by atoms with Crippen molar-refractivity contribution in [1.82, 2.24) is 14.3 Å². The van der Waals surface area contributed by atoms with Crippen LogP contribution in [-0.2, 0) is 19.6 Å². The highest BCUT2D eigenvalue weighted by Gasteiger charge is 2.02. The van der Waals surface area contributed by atoms with Gasteiger partial charge in [-0.2, -0.15) is 5.10 Å². The molecule has 0 saturated heterocycles. The van der Waals surface area contributed by atoms with Crippen molar-refractivity contribution >= 4 is 5.69 Å². The molecule has 2 aromatic rings. The summed E-state index contributed by atoms with van der Waals surface area (Å²) in [6.45, 7) is 6.42. The number of hydrogen-bond acceptors (Lipinski definition) is 3. The first-order valence-corrected chi connectivity index (χ1v) is 6.69. The van der Waals surface area contributed by atoms with Crippen molar-refractivity contribution in [3.05, 3.63) is 46.6 Å². The monoisotopic (exact) mass is 260 g/mol. The van der Waals surface area contributed by atoms with Crippen molar-refractivity contribution in [3.8, 4) is 0 Å². The first-order valence-electron chi connectivity index (χ1n) is 6.69. The Morgan fingerprint density at radius 2 is 2.11 bits per heavy atom. The number of aryl methyl sites for hydroxylation is 2. The number of hydrogen-bond donors (Lipinski definition) is 1. The van der Waals surface area contributed by atoms with Crippen LogP contribution in [0, 0.1) is 0 Å². The standard InChI is InChI=1S/C14H20N4O/c1-3-9-18-13(7-8-16-18)10-15-12-5-6-14(19)17(4-2)11-12/h5-8,11,15H,3-4,9-10H2,1-2H3. The molecular weight excluding hydrogens is 240 g/mol.